The SMILES string of the molecule is CC[C@H](C)Nc1nc(NCCOC23CC4CC(CC(C4)C2)C3)nc(OCC(F)(F)F)n1. The first-order valence-electron chi connectivity index (χ1n) is 11.3. The maximum absolute atomic E-state index is 12.5. The zero-order valence-electron chi connectivity index (χ0n) is 18.2. The molecule has 1 heterocycles. The Morgan fingerprint density at radius 1 is 1.03 bits per heavy atom. The Balaban J connectivity index is 1.33. The van der Waals surface area contributed by atoms with E-state index in [1.165, 1.54) is 19.3 Å². The maximum atomic E-state index is 12.5. The molecule has 1 aromatic rings. The molecule has 0 radical (unpaired) electrons. The molecule has 4 bridgehead atoms. The summed E-state index contributed by atoms with van der Waals surface area (Å²) < 4.78 is 48.7. The summed E-state index contributed by atoms with van der Waals surface area (Å²) >= 11 is 0. The van der Waals surface area contributed by atoms with E-state index in [2.05, 4.69) is 25.6 Å². The first-order valence-corrected chi connectivity index (χ1v) is 11.3. The van der Waals surface area contributed by atoms with Crippen LogP contribution in [0.3, 0.4) is 0 Å². The second-order valence-electron chi connectivity index (χ2n) is 9.50. The van der Waals surface area contributed by atoms with Gasteiger partial charge in [0.15, 0.2) is 6.61 Å². The minimum absolute atomic E-state index is 0.0137. The second-order valence-corrected chi connectivity index (χ2v) is 9.50. The number of alkyl halides is 3. The van der Waals surface area contributed by atoms with Crippen LogP contribution < -0.4 is 15.4 Å². The standard InChI is InChI=1S/C21H32F3N5O2/c1-3-13(2)26-18-27-17(28-19(29-18)30-12-21(22,23)24)25-4-5-31-20-9-14-6-15(10-20)8-16(7-14)11-20/h13-16H,3-12H2,1-2H3,(H2,25,26,27,28,29)/t13-,14?,15?,16?,20?/m0/s1. The highest BCUT2D eigenvalue weighted by molar-refractivity contribution is 5.36. The Kier molecular flexibility index (Phi) is 6.46. The molecule has 4 fully saturated rings. The van der Waals surface area contributed by atoms with Crippen molar-refractivity contribution in [3.05, 3.63) is 0 Å². The van der Waals surface area contributed by atoms with E-state index in [1.54, 1.807) is 0 Å². The number of nitrogens with zero attached hydrogens (tertiary/aromatic N) is 3. The van der Waals surface area contributed by atoms with E-state index in [-0.39, 0.29) is 29.6 Å². The van der Waals surface area contributed by atoms with Crippen molar-refractivity contribution in [1.29, 1.82) is 0 Å². The van der Waals surface area contributed by atoms with E-state index in [1.807, 2.05) is 13.8 Å². The molecule has 4 aliphatic carbocycles. The van der Waals surface area contributed by atoms with Gasteiger partial charge in [-0.25, -0.2) is 0 Å². The average molecular weight is 444 g/mol. The number of hydrogen-bond donors (Lipinski definition) is 2. The first kappa shape index (κ1) is 22.4. The third-order valence-corrected chi connectivity index (χ3v) is 6.74. The highest BCUT2D eigenvalue weighted by Crippen LogP contribution is 2.57. The zero-order chi connectivity index (χ0) is 22.1. The number of aromatic nitrogens is 3. The van der Waals surface area contributed by atoms with Crippen LogP contribution in [-0.2, 0) is 4.74 Å². The summed E-state index contributed by atoms with van der Waals surface area (Å²) in [6.07, 6.45) is 3.90. The molecule has 0 aromatic carbocycles. The van der Waals surface area contributed by atoms with Gasteiger partial charge in [-0.05, 0) is 69.6 Å². The molecule has 0 aliphatic heterocycles. The Morgan fingerprint density at radius 3 is 2.23 bits per heavy atom. The van der Waals surface area contributed by atoms with Gasteiger partial charge in [-0.2, -0.15) is 28.1 Å². The lowest BCUT2D eigenvalue weighted by Crippen LogP contribution is -2.52. The van der Waals surface area contributed by atoms with Gasteiger partial charge < -0.3 is 20.1 Å². The van der Waals surface area contributed by atoms with Gasteiger partial charge in [-0.15, -0.1) is 0 Å². The quantitative estimate of drug-likeness (QED) is 0.518. The molecule has 31 heavy (non-hydrogen) atoms. The molecule has 1 aromatic heterocycles. The third-order valence-electron chi connectivity index (χ3n) is 6.74. The van der Waals surface area contributed by atoms with Crippen molar-refractivity contribution in [2.24, 2.45) is 17.8 Å². The molecule has 7 nitrogen and oxygen atoms in total. The van der Waals surface area contributed by atoms with Crippen LogP contribution in [0.1, 0.15) is 58.8 Å². The summed E-state index contributed by atoms with van der Waals surface area (Å²) in [6.45, 7) is 3.44. The van der Waals surface area contributed by atoms with Crippen molar-refractivity contribution in [2.75, 3.05) is 30.4 Å². The van der Waals surface area contributed by atoms with Crippen LogP contribution in [0.15, 0.2) is 0 Å². The van der Waals surface area contributed by atoms with Gasteiger partial charge in [-0.1, -0.05) is 6.92 Å². The van der Waals surface area contributed by atoms with Crippen molar-refractivity contribution in [3.63, 3.8) is 0 Å². The van der Waals surface area contributed by atoms with Crippen molar-refractivity contribution >= 4 is 11.9 Å². The molecule has 0 saturated heterocycles. The van der Waals surface area contributed by atoms with Gasteiger partial charge >= 0.3 is 12.2 Å². The van der Waals surface area contributed by atoms with E-state index < -0.39 is 12.8 Å². The molecule has 5 rings (SSSR count). The van der Waals surface area contributed by atoms with E-state index in [0.29, 0.717) is 13.2 Å². The molecule has 2 N–H and O–H groups in total. The lowest BCUT2D eigenvalue weighted by molar-refractivity contribution is -0.159. The molecule has 0 amide bonds. The summed E-state index contributed by atoms with van der Waals surface area (Å²) in [5.41, 5.74) is 0.0137. The highest BCUT2D eigenvalue weighted by atomic mass is 19.4. The maximum Gasteiger partial charge on any atom is 0.422 e. The first-order chi connectivity index (χ1) is 14.7. The van der Waals surface area contributed by atoms with Crippen LogP contribution in [0, 0.1) is 17.8 Å². The fourth-order valence-corrected chi connectivity index (χ4v) is 5.67. The molecule has 0 spiro atoms. The van der Waals surface area contributed by atoms with Crippen LogP contribution in [0.2, 0.25) is 0 Å². The lowest BCUT2D eigenvalue weighted by atomic mass is 9.54. The number of nitrogens with one attached hydrogen (secondary N) is 2. The molecule has 1 atom stereocenters. The topological polar surface area (TPSA) is 81.2 Å². The zero-order valence-corrected chi connectivity index (χ0v) is 18.2. The summed E-state index contributed by atoms with van der Waals surface area (Å²) in [6, 6.07) is -0.298. The number of hydrogen-bond acceptors (Lipinski definition) is 7. The molecule has 4 saturated carbocycles. The molecule has 4 aliphatic rings. The van der Waals surface area contributed by atoms with Crippen molar-refractivity contribution in [2.45, 2.75) is 76.6 Å². The Hall–Kier alpha value is -1.84. The van der Waals surface area contributed by atoms with Crippen LogP contribution in [0.4, 0.5) is 25.1 Å². The minimum Gasteiger partial charge on any atom is -0.454 e. The van der Waals surface area contributed by atoms with Crippen LogP contribution in [-0.4, -0.2) is 52.5 Å². The molecule has 10 heteroatoms. The summed E-state index contributed by atoms with van der Waals surface area (Å²) in [5, 5.41) is 6.11. The summed E-state index contributed by atoms with van der Waals surface area (Å²) in [4.78, 5) is 12.2. The fourth-order valence-electron chi connectivity index (χ4n) is 5.67. The van der Waals surface area contributed by atoms with Crippen molar-refractivity contribution in [1.82, 2.24) is 15.0 Å². The average Bonchev–Trinajstić information content (AvgIpc) is 2.68. The fraction of sp³-hybridized carbons (Fsp3) is 0.857. The molecule has 0 unspecified atom stereocenters. The van der Waals surface area contributed by atoms with Crippen LogP contribution in [0.5, 0.6) is 6.01 Å². The van der Waals surface area contributed by atoms with Gasteiger partial charge in [0, 0.05) is 12.6 Å². The molecular formula is C21H32F3N5O2. The number of halogens is 3. The lowest BCUT2D eigenvalue weighted by Gasteiger charge is -2.56. The minimum atomic E-state index is -4.46. The van der Waals surface area contributed by atoms with Gasteiger partial charge in [0.1, 0.15) is 0 Å². The Bertz CT molecular complexity index is 726. The predicted octanol–water partition coefficient (Wildman–Crippen LogP) is 4.42. The predicted molar refractivity (Wildman–Crippen MR) is 110 cm³/mol. The number of rotatable bonds is 10. The molecular weight excluding hydrogens is 411 g/mol. The smallest absolute Gasteiger partial charge is 0.422 e. The van der Waals surface area contributed by atoms with E-state index in [9.17, 15) is 13.2 Å². The van der Waals surface area contributed by atoms with Crippen molar-refractivity contribution in [3.8, 4) is 6.01 Å². The Morgan fingerprint density at radius 2 is 1.65 bits per heavy atom. The molecule has 174 valence electrons. The van der Waals surface area contributed by atoms with E-state index in [0.717, 1.165) is 43.4 Å². The van der Waals surface area contributed by atoms with Gasteiger partial charge in [0.05, 0.1) is 12.2 Å². The normalized spacial score (nSPS) is 30.3. The Labute approximate surface area is 180 Å². The third kappa shape index (κ3) is 5.90. The van der Waals surface area contributed by atoms with Crippen LogP contribution >= 0.6 is 0 Å². The second kappa shape index (κ2) is 8.96. The number of ether oxygens (including phenoxy) is 2. The van der Waals surface area contributed by atoms with Gasteiger partial charge in [0.2, 0.25) is 11.9 Å². The summed E-state index contributed by atoms with van der Waals surface area (Å²) in [5.74, 6) is 2.79. The summed E-state index contributed by atoms with van der Waals surface area (Å²) in [7, 11) is 0. The van der Waals surface area contributed by atoms with Gasteiger partial charge in [-0.3, -0.25) is 0 Å². The number of anilines is 2. The van der Waals surface area contributed by atoms with Crippen LogP contribution in [0.25, 0.3) is 0 Å². The van der Waals surface area contributed by atoms with E-state index >= 15 is 0 Å². The van der Waals surface area contributed by atoms with Crippen molar-refractivity contribution < 1.29 is 22.6 Å². The van der Waals surface area contributed by atoms with Gasteiger partial charge in [0.25, 0.3) is 0 Å². The highest BCUT2D eigenvalue weighted by Gasteiger charge is 2.51. The largest absolute Gasteiger partial charge is 0.454 e. The monoisotopic (exact) mass is 443 g/mol. The van der Waals surface area contributed by atoms with E-state index in [4.69, 9.17) is 9.47 Å².